The molecule has 304 valence electrons. The molecule has 0 amide bonds. The van der Waals surface area contributed by atoms with Crippen molar-refractivity contribution in [2.75, 3.05) is 14.7 Å². The molecule has 4 nitrogen and oxygen atoms in total. The zero-order valence-corrected chi connectivity index (χ0v) is 35.2. The lowest BCUT2D eigenvalue weighted by molar-refractivity contribution is -0.137. The molecule has 0 saturated carbocycles. The molecule has 4 aliphatic rings. The van der Waals surface area contributed by atoms with Crippen LogP contribution in [0, 0.1) is 0 Å². The fourth-order valence-electron chi connectivity index (χ4n) is 11.0. The van der Waals surface area contributed by atoms with Crippen molar-refractivity contribution < 1.29 is 17.9 Å². The third-order valence-electron chi connectivity index (χ3n) is 13.4. The van der Waals surface area contributed by atoms with Crippen LogP contribution in [0.1, 0.15) is 5.56 Å². The average molecular weight is 850 g/mol. The summed E-state index contributed by atoms with van der Waals surface area (Å²) in [6.07, 6.45) is -4.63. The molecule has 0 radical (unpaired) electrons. The molecule has 4 heterocycles. The van der Waals surface area contributed by atoms with Crippen molar-refractivity contribution in [2.24, 2.45) is 0 Å². The average Bonchev–Trinajstić information content (AvgIpc) is 3.34. The van der Waals surface area contributed by atoms with Crippen LogP contribution in [0.2, 0.25) is 0 Å². The summed E-state index contributed by atoms with van der Waals surface area (Å²) in [5.74, 6) is 1.14. The number of hydrogen-bond acceptors (Lipinski definition) is 4. The molecular weight excluding hydrogens is 815 g/mol. The van der Waals surface area contributed by atoms with Crippen LogP contribution in [0.25, 0.3) is 0 Å². The Morgan fingerprint density at radius 3 is 1.59 bits per heavy atom. The number of hydrogen-bond donors (Lipinski definition) is 0. The summed E-state index contributed by atoms with van der Waals surface area (Å²) >= 11 is 0. The third kappa shape index (κ3) is 5.07. The largest absolute Gasteiger partial charge is 0.453 e. The van der Waals surface area contributed by atoms with E-state index in [1.807, 2.05) is 89.8 Å². The van der Waals surface area contributed by atoms with Gasteiger partial charge in [0.25, 0.3) is 6.71 Å². The minimum absolute atomic E-state index is 0.464. The highest BCUT2D eigenvalue weighted by atomic mass is 28.3. The molecule has 9 aromatic carbocycles. The highest BCUT2D eigenvalue weighted by Crippen LogP contribution is 2.55. The molecule has 0 saturated heterocycles. The van der Waals surface area contributed by atoms with Gasteiger partial charge in [-0.25, -0.2) is 0 Å². The first-order valence-corrected chi connectivity index (χ1v) is 23.5. The van der Waals surface area contributed by atoms with Crippen LogP contribution in [0.3, 0.4) is 0 Å². The van der Waals surface area contributed by atoms with Gasteiger partial charge in [-0.2, -0.15) is 13.2 Å². The van der Waals surface area contributed by atoms with E-state index in [2.05, 4.69) is 125 Å². The van der Waals surface area contributed by atoms with Gasteiger partial charge in [0.2, 0.25) is 0 Å². The molecule has 9 aromatic rings. The molecule has 13 rings (SSSR count). The van der Waals surface area contributed by atoms with Crippen molar-refractivity contribution in [1.82, 2.24) is 0 Å². The summed E-state index contributed by atoms with van der Waals surface area (Å²) < 4.78 is 53.7. The Labute approximate surface area is 369 Å². The highest BCUT2D eigenvalue weighted by Gasteiger charge is 2.55. The van der Waals surface area contributed by atoms with Crippen LogP contribution in [0.4, 0.5) is 64.4 Å². The maximum Gasteiger partial charge on any atom is 0.416 e. The maximum absolute atomic E-state index is 15.6. The maximum atomic E-state index is 15.6. The fourth-order valence-corrected chi connectivity index (χ4v) is 16.2. The number of rotatable bonds is 5. The van der Waals surface area contributed by atoms with E-state index in [4.69, 9.17) is 4.74 Å². The van der Waals surface area contributed by atoms with Crippen LogP contribution in [0.15, 0.2) is 212 Å². The van der Waals surface area contributed by atoms with Gasteiger partial charge in [0.1, 0.15) is 0 Å². The third-order valence-corrected chi connectivity index (χ3v) is 18.3. The lowest BCUT2D eigenvalue weighted by Gasteiger charge is -2.51. The van der Waals surface area contributed by atoms with Crippen molar-refractivity contribution >= 4 is 103 Å². The summed E-state index contributed by atoms with van der Waals surface area (Å²) in [5, 5.41) is 4.67. The molecule has 0 bridgehead atoms. The standard InChI is InChI=1S/C55H35BF3N3OSi/c57-55(58,59)36-32-46-52-47(33-36)62-45-28-14-16-30-50(45)64(40-22-9-3-10-23-40,41-24-11-4-12-25-41)51-31-17-26-42(54(51)62)56(52)43-34-39(35-49-53(43)61(46)44-27-13-15-29-48(44)63-49)60(37-18-5-1-6-19-37)38-20-7-2-8-21-38/h1-35H. The van der Waals surface area contributed by atoms with Gasteiger partial charge in [-0.1, -0.05) is 146 Å². The van der Waals surface area contributed by atoms with Crippen molar-refractivity contribution in [2.45, 2.75) is 6.18 Å². The molecular formula is C55H35BF3N3OSi. The van der Waals surface area contributed by atoms with Crippen molar-refractivity contribution in [3.8, 4) is 11.5 Å². The normalized spacial score (nSPS) is 14.3. The first-order valence-electron chi connectivity index (χ1n) is 21.5. The number of benzene rings is 9. The second-order valence-corrected chi connectivity index (χ2v) is 20.5. The van der Waals surface area contributed by atoms with E-state index in [-0.39, 0.29) is 0 Å². The van der Waals surface area contributed by atoms with Gasteiger partial charge in [0.05, 0.1) is 16.9 Å². The monoisotopic (exact) mass is 849 g/mol. The SMILES string of the molecule is FC(F)(F)c1cc2c3c(c1)N1c4ccccc4[Si](c4ccccc4)(c4ccccc4)c4cccc(c41)B3c1cc(N(c3ccccc3)c3ccccc3)cc3c1N2c1ccccc1O3. The molecule has 0 unspecified atom stereocenters. The summed E-state index contributed by atoms with van der Waals surface area (Å²) in [5.41, 5.74) is 9.17. The predicted molar refractivity (Wildman–Crippen MR) is 257 cm³/mol. The number of halogens is 3. The van der Waals surface area contributed by atoms with E-state index >= 15 is 13.2 Å². The second-order valence-electron chi connectivity index (χ2n) is 16.7. The molecule has 0 fully saturated rings. The number of ether oxygens (including phenoxy) is 1. The number of fused-ring (bicyclic) bond motifs is 8. The van der Waals surface area contributed by atoms with Gasteiger partial charge >= 0.3 is 6.18 Å². The first-order chi connectivity index (χ1) is 31.4. The molecule has 4 aliphatic heterocycles. The second kappa shape index (κ2) is 13.6. The Hall–Kier alpha value is -7.75. The van der Waals surface area contributed by atoms with E-state index in [0.29, 0.717) is 28.6 Å². The molecule has 0 aliphatic carbocycles. The van der Waals surface area contributed by atoms with Gasteiger partial charge in [0.15, 0.2) is 19.6 Å². The van der Waals surface area contributed by atoms with E-state index in [1.165, 1.54) is 22.5 Å². The van der Waals surface area contributed by atoms with Crippen molar-refractivity contribution in [3.05, 3.63) is 218 Å². The topological polar surface area (TPSA) is 19.0 Å². The zero-order valence-electron chi connectivity index (χ0n) is 34.2. The van der Waals surface area contributed by atoms with E-state index in [9.17, 15) is 0 Å². The molecule has 0 aromatic heterocycles. The van der Waals surface area contributed by atoms with Crippen LogP contribution < -0.4 is 56.6 Å². The van der Waals surface area contributed by atoms with Crippen LogP contribution >= 0.6 is 0 Å². The summed E-state index contributed by atoms with van der Waals surface area (Å²) in [6, 6.07) is 71.6. The van der Waals surface area contributed by atoms with Crippen LogP contribution in [-0.2, 0) is 6.18 Å². The van der Waals surface area contributed by atoms with E-state index in [0.717, 1.165) is 60.9 Å². The number of alkyl halides is 3. The lowest BCUT2D eigenvalue weighted by atomic mass is 9.33. The van der Waals surface area contributed by atoms with Gasteiger partial charge in [0, 0.05) is 45.9 Å². The Bertz CT molecular complexity index is 3260. The molecule has 64 heavy (non-hydrogen) atoms. The fraction of sp³-hybridized carbons (Fsp3) is 0.0182. The van der Waals surface area contributed by atoms with Gasteiger partial charge in [-0.15, -0.1) is 0 Å². The summed E-state index contributed by atoms with van der Waals surface area (Å²) in [4.78, 5) is 6.40. The minimum Gasteiger partial charge on any atom is -0.453 e. The predicted octanol–water partition coefficient (Wildman–Crippen LogP) is 10.1. The Balaban J connectivity index is 1.18. The zero-order chi connectivity index (χ0) is 42.7. The minimum atomic E-state index is -4.63. The Kier molecular flexibility index (Phi) is 7.85. The van der Waals surface area contributed by atoms with Gasteiger partial charge in [-0.3, -0.25) is 0 Å². The summed E-state index contributed by atoms with van der Waals surface area (Å²) in [6.45, 7) is -0.464. The highest BCUT2D eigenvalue weighted by molar-refractivity contribution is 7.22. The van der Waals surface area contributed by atoms with Gasteiger partial charge in [-0.05, 0) is 97.8 Å². The Morgan fingerprint density at radius 1 is 0.438 bits per heavy atom. The quantitative estimate of drug-likeness (QED) is 0.161. The first kappa shape index (κ1) is 36.9. The van der Waals surface area contributed by atoms with Crippen molar-refractivity contribution in [3.63, 3.8) is 0 Å². The Morgan fingerprint density at radius 2 is 0.969 bits per heavy atom. The smallest absolute Gasteiger partial charge is 0.416 e. The van der Waals surface area contributed by atoms with Crippen LogP contribution in [0.5, 0.6) is 11.5 Å². The van der Waals surface area contributed by atoms with E-state index < -0.39 is 26.5 Å². The number of nitrogens with zero attached hydrogens (tertiary/aromatic N) is 3. The molecule has 0 N–H and O–H groups in total. The number of anilines is 9. The lowest BCUT2D eigenvalue weighted by Crippen LogP contribution is -2.79. The van der Waals surface area contributed by atoms with Crippen LogP contribution in [-0.4, -0.2) is 14.8 Å². The van der Waals surface area contributed by atoms with E-state index in [1.54, 1.807) is 0 Å². The number of para-hydroxylation sites is 6. The van der Waals surface area contributed by atoms with Gasteiger partial charge < -0.3 is 19.4 Å². The molecule has 9 heteroatoms. The molecule has 0 spiro atoms. The van der Waals surface area contributed by atoms with Crippen molar-refractivity contribution in [1.29, 1.82) is 0 Å². The summed E-state index contributed by atoms with van der Waals surface area (Å²) in [7, 11) is -3.12. The molecule has 0 atom stereocenters.